The molecule has 0 bridgehead atoms. The maximum atomic E-state index is 13.8. The summed E-state index contributed by atoms with van der Waals surface area (Å²) >= 11 is 0. The molecule has 1 saturated carbocycles. The highest BCUT2D eigenvalue weighted by molar-refractivity contribution is 5.72. The molecule has 2 aromatic rings. The molecule has 0 spiro atoms. The molecule has 1 fully saturated rings. The van der Waals surface area contributed by atoms with Crippen LogP contribution in [0.4, 0.5) is 8.78 Å². The zero-order chi connectivity index (χ0) is 19.9. The number of alkyl halides is 2. The first-order valence-electron chi connectivity index (χ1n) is 10.8. The first kappa shape index (κ1) is 20.8. The number of aryl methyl sites for hydroxylation is 1. The van der Waals surface area contributed by atoms with E-state index in [0.29, 0.717) is 5.56 Å². The summed E-state index contributed by atoms with van der Waals surface area (Å²) < 4.78 is 27.6. The molecule has 3 rings (SSSR count). The van der Waals surface area contributed by atoms with Gasteiger partial charge in [-0.15, -0.1) is 0 Å². The summed E-state index contributed by atoms with van der Waals surface area (Å²) in [7, 11) is 0. The first-order chi connectivity index (χ1) is 13.6. The topological polar surface area (TPSA) is 20.2 Å². The zero-order valence-electron chi connectivity index (χ0n) is 16.8. The lowest BCUT2D eigenvalue weighted by atomic mass is 9.81. The molecule has 0 heterocycles. The minimum Gasteiger partial charge on any atom is -0.507 e. The van der Waals surface area contributed by atoms with Gasteiger partial charge in [0.25, 0.3) is 0 Å². The standard InChI is InChI=1S/C25H32F2O/c1-2-3-4-5-6-8-18-11-13-19(14-12-18)23-9-7-10-24(25(23)28)20-15-21(26)17-22(27)16-20/h7,9-14,20-22,28H,2-6,8,15-17H2,1H3. The third-order valence-electron chi connectivity index (χ3n) is 5.93. The van der Waals surface area contributed by atoms with E-state index >= 15 is 0 Å². The van der Waals surface area contributed by atoms with Gasteiger partial charge in [0.2, 0.25) is 0 Å². The molecule has 0 aromatic heterocycles. The minimum absolute atomic E-state index is 0.0170. The smallest absolute Gasteiger partial charge is 0.126 e. The van der Waals surface area contributed by atoms with Crippen molar-refractivity contribution in [2.45, 2.75) is 83.0 Å². The molecular formula is C25H32F2O. The highest BCUT2D eigenvalue weighted by Gasteiger charge is 2.31. The number of phenols is 1. The van der Waals surface area contributed by atoms with Crippen LogP contribution < -0.4 is 0 Å². The van der Waals surface area contributed by atoms with Crippen molar-refractivity contribution in [3.63, 3.8) is 0 Å². The van der Waals surface area contributed by atoms with Gasteiger partial charge in [-0.05, 0) is 48.3 Å². The monoisotopic (exact) mass is 386 g/mol. The molecule has 0 radical (unpaired) electrons. The fourth-order valence-electron chi connectivity index (χ4n) is 4.34. The minimum atomic E-state index is -1.13. The van der Waals surface area contributed by atoms with Crippen LogP contribution in [0.5, 0.6) is 5.75 Å². The second kappa shape index (κ2) is 10.0. The fourth-order valence-corrected chi connectivity index (χ4v) is 4.34. The summed E-state index contributed by atoms with van der Waals surface area (Å²) in [6.07, 6.45) is 5.71. The second-order valence-corrected chi connectivity index (χ2v) is 8.20. The van der Waals surface area contributed by atoms with Crippen LogP contribution in [0, 0.1) is 0 Å². The molecule has 2 unspecified atom stereocenters. The lowest BCUT2D eigenvalue weighted by Gasteiger charge is -2.28. The predicted molar refractivity (Wildman–Crippen MR) is 112 cm³/mol. The number of phenolic OH excluding ortho intramolecular Hbond substituents is 1. The number of benzene rings is 2. The van der Waals surface area contributed by atoms with Crippen LogP contribution in [-0.4, -0.2) is 17.4 Å². The Morgan fingerprint density at radius 2 is 1.54 bits per heavy atom. The molecule has 2 atom stereocenters. The molecule has 152 valence electrons. The van der Waals surface area contributed by atoms with Crippen molar-refractivity contribution in [1.29, 1.82) is 0 Å². The van der Waals surface area contributed by atoms with Gasteiger partial charge in [0.05, 0.1) is 0 Å². The zero-order valence-corrected chi connectivity index (χ0v) is 16.8. The van der Waals surface area contributed by atoms with Crippen molar-refractivity contribution < 1.29 is 13.9 Å². The fraction of sp³-hybridized carbons (Fsp3) is 0.520. The van der Waals surface area contributed by atoms with Crippen LogP contribution in [0.1, 0.15) is 75.3 Å². The van der Waals surface area contributed by atoms with Crippen molar-refractivity contribution in [2.75, 3.05) is 0 Å². The van der Waals surface area contributed by atoms with Crippen molar-refractivity contribution in [1.82, 2.24) is 0 Å². The van der Waals surface area contributed by atoms with Gasteiger partial charge >= 0.3 is 0 Å². The molecule has 1 nitrogen and oxygen atoms in total. The summed E-state index contributed by atoms with van der Waals surface area (Å²) in [5.41, 5.74) is 3.66. The summed E-state index contributed by atoms with van der Waals surface area (Å²) in [6, 6.07) is 13.9. The van der Waals surface area contributed by atoms with E-state index < -0.39 is 12.3 Å². The largest absolute Gasteiger partial charge is 0.507 e. The SMILES string of the molecule is CCCCCCCc1ccc(-c2cccc(C3CC(F)CC(F)C3)c2O)cc1. The third-order valence-corrected chi connectivity index (χ3v) is 5.93. The van der Waals surface area contributed by atoms with E-state index in [1.807, 2.05) is 24.3 Å². The quantitative estimate of drug-likeness (QED) is 0.465. The van der Waals surface area contributed by atoms with E-state index in [4.69, 9.17) is 0 Å². The van der Waals surface area contributed by atoms with Gasteiger partial charge in [0.1, 0.15) is 18.1 Å². The Balaban J connectivity index is 1.70. The summed E-state index contributed by atoms with van der Waals surface area (Å²) in [5, 5.41) is 10.8. The van der Waals surface area contributed by atoms with Gasteiger partial charge in [-0.1, -0.05) is 75.1 Å². The molecule has 3 heteroatoms. The first-order valence-corrected chi connectivity index (χ1v) is 10.8. The summed E-state index contributed by atoms with van der Waals surface area (Å²) in [4.78, 5) is 0. The molecule has 2 aromatic carbocycles. The molecule has 0 aliphatic heterocycles. The maximum absolute atomic E-state index is 13.8. The number of halogens is 2. The van der Waals surface area contributed by atoms with Gasteiger partial charge in [0, 0.05) is 12.0 Å². The third kappa shape index (κ3) is 5.33. The molecular weight excluding hydrogens is 354 g/mol. The molecule has 1 aliphatic carbocycles. The Morgan fingerprint density at radius 1 is 0.857 bits per heavy atom. The lowest BCUT2D eigenvalue weighted by molar-refractivity contribution is 0.141. The average molecular weight is 387 g/mol. The van der Waals surface area contributed by atoms with E-state index in [2.05, 4.69) is 19.1 Å². The van der Waals surface area contributed by atoms with E-state index in [0.717, 1.165) is 17.5 Å². The number of hydrogen-bond acceptors (Lipinski definition) is 1. The Hall–Kier alpha value is -1.90. The van der Waals surface area contributed by atoms with Gasteiger partial charge in [0.15, 0.2) is 0 Å². The number of rotatable bonds is 8. The molecule has 28 heavy (non-hydrogen) atoms. The average Bonchev–Trinajstić information content (AvgIpc) is 2.68. The van der Waals surface area contributed by atoms with Crippen LogP contribution in [0.3, 0.4) is 0 Å². The summed E-state index contributed by atoms with van der Waals surface area (Å²) in [5.74, 6) is -0.0952. The van der Waals surface area contributed by atoms with Gasteiger partial charge < -0.3 is 5.11 Å². The maximum Gasteiger partial charge on any atom is 0.126 e. The number of hydrogen-bond donors (Lipinski definition) is 1. The second-order valence-electron chi connectivity index (χ2n) is 8.20. The predicted octanol–water partition coefficient (Wildman–Crippen LogP) is 7.52. The summed E-state index contributed by atoms with van der Waals surface area (Å²) in [6.45, 7) is 2.23. The Kier molecular flexibility index (Phi) is 7.47. The van der Waals surface area contributed by atoms with E-state index in [1.165, 1.54) is 37.7 Å². The van der Waals surface area contributed by atoms with Crippen molar-refractivity contribution in [2.24, 2.45) is 0 Å². The number of para-hydroxylation sites is 1. The van der Waals surface area contributed by atoms with E-state index in [9.17, 15) is 13.9 Å². The van der Waals surface area contributed by atoms with Crippen LogP contribution in [0.25, 0.3) is 11.1 Å². The number of unbranched alkanes of at least 4 members (excludes halogenated alkanes) is 4. The van der Waals surface area contributed by atoms with Gasteiger partial charge in [-0.2, -0.15) is 0 Å². The Labute approximate surface area is 167 Å². The van der Waals surface area contributed by atoms with E-state index in [-0.39, 0.29) is 30.9 Å². The van der Waals surface area contributed by atoms with Crippen molar-refractivity contribution >= 4 is 0 Å². The normalized spacial score (nSPS) is 22.3. The molecule has 0 saturated heterocycles. The Morgan fingerprint density at radius 3 is 2.21 bits per heavy atom. The van der Waals surface area contributed by atoms with Crippen LogP contribution in [-0.2, 0) is 6.42 Å². The van der Waals surface area contributed by atoms with Crippen LogP contribution in [0.2, 0.25) is 0 Å². The van der Waals surface area contributed by atoms with Gasteiger partial charge in [-0.3, -0.25) is 0 Å². The van der Waals surface area contributed by atoms with Crippen LogP contribution in [0.15, 0.2) is 42.5 Å². The molecule has 1 N–H and O–H groups in total. The Bertz CT molecular complexity index is 731. The molecule has 1 aliphatic rings. The number of aromatic hydroxyl groups is 1. The highest BCUT2D eigenvalue weighted by atomic mass is 19.1. The van der Waals surface area contributed by atoms with Crippen molar-refractivity contribution in [3.8, 4) is 16.9 Å². The lowest BCUT2D eigenvalue weighted by Crippen LogP contribution is -2.23. The molecule has 0 amide bonds. The van der Waals surface area contributed by atoms with Crippen LogP contribution >= 0.6 is 0 Å². The van der Waals surface area contributed by atoms with E-state index in [1.54, 1.807) is 6.07 Å². The van der Waals surface area contributed by atoms with Gasteiger partial charge in [-0.25, -0.2) is 8.78 Å². The highest BCUT2D eigenvalue weighted by Crippen LogP contribution is 2.42. The van der Waals surface area contributed by atoms with Crippen molar-refractivity contribution in [3.05, 3.63) is 53.6 Å².